The normalized spacial score (nSPS) is 11.1. The second-order valence-corrected chi connectivity index (χ2v) is 3.87. The number of ketones is 1. The van der Waals surface area contributed by atoms with Crippen molar-refractivity contribution in [3.8, 4) is 5.75 Å². The van der Waals surface area contributed by atoms with Crippen molar-refractivity contribution in [1.82, 2.24) is 0 Å². The molecule has 0 saturated carbocycles. The minimum Gasteiger partial charge on any atom is -0.507 e. The third-order valence-corrected chi connectivity index (χ3v) is 2.61. The van der Waals surface area contributed by atoms with E-state index in [2.05, 4.69) is 5.18 Å². The van der Waals surface area contributed by atoms with Gasteiger partial charge in [0, 0.05) is 11.6 Å². The average Bonchev–Trinajstić information content (AvgIpc) is 2.46. The van der Waals surface area contributed by atoms with Crippen molar-refractivity contribution in [2.24, 2.45) is 5.18 Å². The lowest BCUT2D eigenvalue weighted by Crippen LogP contribution is -1.96. The Morgan fingerprint density at radius 1 is 1.00 bits per heavy atom. The maximum Gasteiger partial charge on any atom is 0.191 e. The molecule has 0 bridgehead atoms. The van der Waals surface area contributed by atoms with Crippen LogP contribution in [-0.4, -0.2) is 10.9 Å². The molecule has 0 radical (unpaired) electrons. The molecule has 0 heterocycles. The maximum atomic E-state index is 12.0. The molecule has 0 atom stereocenters. The summed E-state index contributed by atoms with van der Waals surface area (Å²) in [6, 6.07) is 14.8. The first kappa shape index (κ1) is 12.7. The second kappa shape index (κ2) is 5.73. The van der Waals surface area contributed by atoms with Crippen LogP contribution < -0.4 is 0 Å². The smallest absolute Gasteiger partial charge is 0.191 e. The zero-order valence-electron chi connectivity index (χ0n) is 9.98. The third kappa shape index (κ3) is 2.93. The monoisotopic (exact) mass is 253 g/mol. The van der Waals surface area contributed by atoms with E-state index >= 15 is 0 Å². The Morgan fingerprint density at radius 2 is 1.63 bits per heavy atom. The fraction of sp³-hybridized carbons (Fsp3) is 0. The molecule has 0 aliphatic heterocycles. The van der Waals surface area contributed by atoms with E-state index in [9.17, 15) is 14.8 Å². The molecule has 0 saturated heterocycles. The van der Waals surface area contributed by atoms with Gasteiger partial charge in [-0.2, -0.15) is 0 Å². The lowest BCUT2D eigenvalue weighted by atomic mass is 10.1. The van der Waals surface area contributed by atoms with E-state index in [0.29, 0.717) is 5.56 Å². The summed E-state index contributed by atoms with van der Waals surface area (Å²) >= 11 is 0. The number of nitrogens with zero attached hydrogens (tertiary/aromatic N) is 1. The molecule has 2 aromatic rings. The molecule has 0 aliphatic rings. The standard InChI is InChI=1S/C15H11NO3/c17-14-9-5-4-8-12(14)15(18)10-13(16-19)11-6-2-1-3-7-11/h1-10,17H/b13-10-. The molecule has 2 rings (SSSR count). The molecule has 0 aromatic heterocycles. The Balaban J connectivity index is 2.37. The van der Waals surface area contributed by atoms with Crippen LogP contribution in [0.4, 0.5) is 0 Å². The predicted molar refractivity (Wildman–Crippen MR) is 72.7 cm³/mol. The van der Waals surface area contributed by atoms with Gasteiger partial charge in [0.05, 0.1) is 5.56 Å². The van der Waals surface area contributed by atoms with E-state index in [-0.39, 0.29) is 17.0 Å². The van der Waals surface area contributed by atoms with Crippen LogP contribution in [-0.2, 0) is 0 Å². The lowest BCUT2D eigenvalue weighted by molar-refractivity contribution is 0.104. The topological polar surface area (TPSA) is 66.7 Å². The maximum absolute atomic E-state index is 12.0. The van der Waals surface area contributed by atoms with Gasteiger partial charge in [-0.1, -0.05) is 42.5 Å². The van der Waals surface area contributed by atoms with Crippen molar-refractivity contribution < 1.29 is 9.90 Å². The highest BCUT2D eigenvalue weighted by atomic mass is 16.3. The van der Waals surface area contributed by atoms with Gasteiger partial charge in [0.1, 0.15) is 11.4 Å². The van der Waals surface area contributed by atoms with Crippen LogP contribution in [0.5, 0.6) is 5.75 Å². The molecule has 0 amide bonds. The number of carbonyl (C=O) groups is 1. The Hall–Kier alpha value is -2.75. The van der Waals surface area contributed by atoms with Gasteiger partial charge in [0.2, 0.25) is 0 Å². The van der Waals surface area contributed by atoms with Crippen LogP contribution in [0.2, 0.25) is 0 Å². The summed E-state index contributed by atoms with van der Waals surface area (Å²) in [6.45, 7) is 0. The number of phenolic OH excluding ortho intramolecular Hbond substituents is 1. The molecule has 0 fully saturated rings. The van der Waals surface area contributed by atoms with Crippen molar-refractivity contribution in [3.05, 3.63) is 76.7 Å². The fourth-order valence-electron chi connectivity index (χ4n) is 1.66. The van der Waals surface area contributed by atoms with E-state index in [1.54, 1.807) is 42.5 Å². The van der Waals surface area contributed by atoms with Crippen LogP contribution in [0.15, 0.2) is 65.9 Å². The number of carbonyl (C=O) groups excluding carboxylic acids is 1. The molecule has 0 aliphatic carbocycles. The molecule has 0 spiro atoms. The van der Waals surface area contributed by atoms with Gasteiger partial charge in [-0.05, 0) is 17.3 Å². The summed E-state index contributed by atoms with van der Waals surface area (Å²) in [5, 5.41) is 12.4. The molecule has 19 heavy (non-hydrogen) atoms. The second-order valence-electron chi connectivity index (χ2n) is 3.87. The number of allylic oxidation sites excluding steroid dienone is 1. The van der Waals surface area contributed by atoms with Crippen LogP contribution in [0.3, 0.4) is 0 Å². The van der Waals surface area contributed by atoms with Gasteiger partial charge in [0.25, 0.3) is 0 Å². The van der Waals surface area contributed by atoms with Gasteiger partial charge in [0.15, 0.2) is 5.78 Å². The summed E-state index contributed by atoms with van der Waals surface area (Å²) in [7, 11) is 0. The van der Waals surface area contributed by atoms with Crippen molar-refractivity contribution in [1.29, 1.82) is 0 Å². The molecule has 94 valence electrons. The molecule has 0 unspecified atom stereocenters. The highest BCUT2D eigenvalue weighted by Crippen LogP contribution is 2.20. The number of para-hydroxylation sites is 1. The SMILES string of the molecule is O=N/C(=C\C(=O)c1ccccc1O)c1ccccc1. The highest BCUT2D eigenvalue weighted by molar-refractivity contribution is 6.10. The number of benzene rings is 2. The van der Waals surface area contributed by atoms with Gasteiger partial charge in [-0.25, -0.2) is 0 Å². The number of hydrogen-bond donors (Lipinski definition) is 1. The van der Waals surface area contributed by atoms with E-state index in [4.69, 9.17) is 0 Å². The molecular formula is C15H11NO3. The first-order valence-electron chi connectivity index (χ1n) is 5.65. The molecule has 2 aromatic carbocycles. The van der Waals surface area contributed by atoms with Crippen molar-refractivity contribution in [3.63, 3.8) is 0 Å². The fourth-order valence-corrected chi connectivity index (χ4v) is 1.66. The highest BCUT2D eigenvalue weighted by Gasteiger charge is 2.10. The minimum atomic E-state index is -0.462. The summed E-state index contributed by atoms with van der Waals surface area (Å²) < 4.78 is 0. The Labute approximate surface area is 110 Å². The van der Waals surface area contributed by atoms with Crippen LogP contribution >= 0.6 is 0 Å². The predicted octanol–water partition coefficient (Wildman–Crippen LogP) is 3.38. The zero-order chi connectivity index (χ0) is 13.7. The molecule has 4 heteroatoms. The van der Waals surface area contributed by atoms with Gasteiger partial charge < -0.3 is 5.11 Å². The first-order valence-corrected chi connectivity index (χ1v) is 5.65. The molecule has 1 N–H and O–H groups in total. The number of phenols is 1. The van der Waals surface area contributed by atoms with Crippen molar-refractivity contribution >= 4 is 11.5 Å². The largest absolute Gasteiger partial charge is 0.507 e. The van der Waals surface area contributed by atoms with E-state index in [0.717, 1.165) is 6.08 Å². The van der Waals surface area contributed by atoms with E-state index in [1.165, 1.54) is 12.1 Å². The number of nitroso groups, excluding NO2 is 1. The van der Waals surface area contributed by atoms with Crippen molar-refractivity contribution in [2.45, 2.75) is 0 Å². The third-order valence-electron chi connectivity index (χ3n) is 2.61. The van der Waals surface area contributed by atoms with Crippen LogP contribution in [0.1, 0.15) is 15.9 Å². The summed E-state index contributed by atoms with van der Waals surface area (Å²) in [5.41, 5.74) is 0.731. The number of rotatable bonds is 4. The number of hydrogen-bond acceptors (Lipinski definition) is 4. The summed E-state index contributed by atoms with van der Waals surface area (Å²) in [5.74, 6) is -0.585. The molecular weight excluding hydrogens is 242 g/mol. The van der Waals surface area contributed by atoms with Gasteiger partial charge >= 0.3 is 0 Å². The number of aromatic hydroxyl groups is 1. The first-order chi connectivity index (χ1) is 9.22. The van der Waals surface area contributed by atoms with Crippen LogP contribution in [0.25, 0.3) is 5.70 Å². The van der Waals surface area contributed by atoms with E-state index < -0.39 is 5.78 Å². The Morgan fingerprint density at radius 3 is 2.26 bits per heavy atom. The van der Waals surface area contributed by atoms with Crippen LogP contribution in [0, 0.1) is 4.91 Å². The minimum absolute atomic E-state index is 0.0360. The van der Waals surface area contributed by atoms with Gasteiger partial charge in [-0.3, -0.25) is 4.79 Å². The Bertz CT molecular complexity index is 633. The quantitative estimate of drug-likeness (QED) is 0.516. The summed E-state index contributed by atoms with van der Waals surface area (Å²) in [4.78, 5) is 22.8. The molecule has 4 nitrogen and oxygen atoms in total. The van der Waals surface area contributed by atoms with Gasteiger partial charge in [-0.15, -0.1) is 4.91 Å². The zero-order valence-corrected chi connectivity index (χ0v) is 9.98. The summed E-state index contributed by atoms with van der Waals surface area (Å²) in [6.07, 6.45) is 1.12. The average molecular weight is 253 g/mol. The lowest BCUT2D eigenvalue weighted by Gasteiger charge is -2.01. The van der Waals surface area contributed by atoms with Crippen molar-refractivity contribution in [2.75, 3.05) is 0 Å². The Kier molecular flexibility index (Phi) is 3.83. The van der Waals surface area contributed by atoms with E-state index in [1.807, 2.05) is 0 Å².